The number of aromatic amines is 1. The maximum atomic E-state index is 14.1. The smallest absolute Gasteiger partial charge is 0.247 e. The SMILES string of the molecule is CI.Cc1nc(Nc2nc(-c3ccc(F)cc3F)nc3ccccc23)n[nH]1. The molecule has 0 fully saturated rings. The molecule has 2 N–H and O–H groups in total. The number of rotatable bonds is 3. The van der Waals surface area contributed by atoms with Gasteiger partial charge in [-0.15, -0.1) is 5.10 Å². The molecule has 0 aliphatic rings. The zero-order chi connectivity index (χ0) is 19.4. The van der Waals surface area contributed by atoms with Crippen molar-refractivity contribution in [2.75, 3.05) is 10.2 Å². The summed E-state index contributed by atoms with van der Waals surface area (Å²) in [4.78, 5) is 14.9. The number of fused-ring (bicyclic) bond motifs is 1. The molecule has 2 heterocycles. The number of nitrogens with one attached hydrogen (secondary N) is 2. The van der Waals surface area contributed by atoms with Crippen LogP contribution in [0.1, 0.15) is 5.82 Å². The topological polar surface area (TPSA) is 79.4 Å². The minimum Gasteiger partial charge on any atom is -0.307 e. The quantitative estimate of drug-likeness (QED) is 0.326. The van der Waals surface area contributed by atoms with E-state index in [2.05, 4.69) is 53.1 Å². The van der Waals surface area contributed by atoms with Crippen molar-refractivity contribution in [3.63, 3.8) is 0 Å². The molecule has 0 saturated carbocycles. The number of H-pyrrole nitrogens is 1. The molecule has 0 bridgehead atoms. The molecule has 0 atom stereocenters. The van der Waals surface area contributed by atoms with Crippen LogP contribution in [-0.2, 0) is 0 Å². The normalized spacial score (nSPS) is 10.4. The van der Waals surface area contributed by atoms with Gasteiger partial charge in [0.25, 0.3) is 0 Å². The highest BCUT2D eigenvalue weighted by molar-refractivity contribution is 14.1. The summed E-state index contributed by atoms with van der Waals surface area (Å²) in [5.41, 5.74) is 0.729. The average Bonchev–Trinajstić information content (AvgIpc) is 3.08. The molecule has 0 saturated heterocycles. The number of para-hydroxylation sites is 1. The summed E-state index contributed by atoms with van der Waals surface area (Å²) >= 11 is 2.15. The Bertz CT molecular complexity index is 1080. The molecule has 0 radical (unpaired) electrons. The first kappa shape index (κ1) is 19.1. The fourth-order valence-electron chi connectivity index (χ4n) is 2.47. The zero-order valence-corrected chi connectivity index (χ0v) is 16.6. The van der Waals surface area contributed by atoms with E-state index in [9.17, 15) is 8.78 Å². The Hall–Kier alpha value is -2.69. The fraction of sp³-hybridized carbons (Fsp3) is 0.111. The lowest BCUT2D eigenvalue weighted by molar-refractivity contribution is 0.585. The lowest BCUT2D eigenvalue weighted by atomic mass is 10.1. The Morgan fingerprint density at radius 2 is 1.78 bits per heavy atom. The minimum atomic E-state index is -0.727. The largest absolute Gasteiger partial charge is 0.307 e. The van der Waals surface area contributed by atoms with Crippen molar-refractivity contribution >= 4 is 45.3 Å². The minimum absolute atomic E-state index is 0.112. The third kappa shape index (κ3) is 4.18. The van der Waals surface area contributed by atoms with E-state index in [1.807, 2.05) is 23.1 Å². The molecule has 2 aromatic carbocycles. The lowest BCUT2D eigenvalue weighted by Crippen LogP contribution is -2.01. The number of benzene rings is 2. The van der Waals surface area contributed by atoms with Gasteiger partial charge in [0.15, 0.2) is 5.82 Å². The second-order valence-corrected chi connectivity index (χ2v) is 5.41. The number of alkyl halides is 1. The number of nitrogens with zero attached hydrogens (tertiary/aromatic N) is 4. The number of hydrogen-bond donors (Lipinski definition) is 2. The van der Waals surface area contributed by atoms with Crippen molar-refractivity contribution in [2.24, 2.45) is 0 Å². The summed E-state index contributed by atoms with van der Waals surface area (Å²) in [5, 5.41) is 10.5. The summed E-state index contributed by atoms with van der Waals surface area (Å²) in [5.74, 6) is 0.179. The molecule has 27 heavy (non-hydrogen) atoms. The Kier molecular flexibility index (Phi) is 5.89. The monoisotopic (exact) mass is 480 g/mol. The van der Waals surface area contributed by atoms with Crippen LogP contribution in [-0.4, -0.2) is 30.1 Å². The zero-order valence-electron chi connectivity index (χ0n) is 14.5. The van der Waals surface area contributed by atoms with Crippen LogP contribution in [0.5, 0.6) is 0 Å². The second kappa shape index (κ2) is 8.33. The van der Waals surface area contributed by atoms with Crippen molar-refractivity contribution in [1.82, 2.24) is 25.1 Å². The van der Waals surface area contributed by atoms with Gasteiger partial charge in [-0.05, 0) is 36.1 Å². The molecule has 0 amide bonds. The van der Waals surface area contributed by atoms with Gasteiger partial charge >= 0.3 is 0 Å². The first-order valence-corrected chi connectivity index (χ1v) is 10.0. The van der Waals surface area contributed by atoms with E-state index in [1.54, 1.807) is 13.0 Å². The first-order valence-electron chi connectivity index (χ1n) is 7.86. The highest BCUT2D eigenvalue weighted by atomic mass is 127. The molecular weight excluding hydrogens is 465 g/mol. The van der Waals surface area contributed by atoms with Crippen LogP contribution in [0.2, 0.25) is 0 Å². The standard InChI is InChI=1S/C17H12F2N6.CH3I/c1-9-20-17(25-24-9)23-16-12-4-2-3-5-14(12)21-15(22-16)11-7-6-10(18)8-13(11)19;1-2/h2-8H,1H3,(H2,20,21,22,23,24,25);1H3. The van der Waals surface area contributed by atoms with Crippen molar-refractivity contribution in [2.45, 2.75) is 6.92 Å². The molecule has 0 unspecified atom stereocenters. The number of aromatic nitrogens is 5. The van der Waals surface area contributed by atoms with Gasteiger partial charge in [-0.1, -0.05) is 34.7 Å². The second-order valence-electron chi connectivity index (χ2n) is 5.41. The van der Waals surface area contributed by atoms with Crippen LogP contribution in [0.15, 0.2) is 42.5 Å². The molecule has 0 aliphatic carbocycles. The number of halogens is 3. The van der Waals surface area contributed by atoms with Gasteiger partial charge in [-0.25, -0.2) is 18.7 Å². The van der Waals surface area contributed by atoms with Crippen molar-refractivity contribution in [1.29, 1.82) is 0 Å². The van der Waals surface area contributed by atoms with Crippen molar-refractivity contribution in [3.8, 4) is 11.4 Å². The van der Waals surface area contributed by atoms with Crippen LogP contribution >= 0.6 is 22.6 Å². The Morgan fingerprint density at radius 1 is 1.00 bits per heavy atom. The summed E-state index contributed by atoms with van der Waals surface area (Å²) in [6.45, 7) is 1.77. The highest BCUT2D eigenvalue weighted by Gasteiger charge is 2.14. The number of hydrogen-bond acceptors (Lipinski definition) is 5. The third-order valence-electron chi connectivity index (χ3n) is 3.60. The first-order chi connectivity index (χ1) is 13.1. The Labute approximate surface area is 167 Å². The van der Waals surface area contributed by atoms with E-state index in [-0.39, 0.29) is 11.4 Å². The van der Waals surface area contributed by atoms with Gasteiger partial charge in [-0.3, -0.25) is 5.10 Å². The molecule has 138 valence electrons. The molecule has 6 nitrogen and oxygen atoms in total. The van der Waals surface area contributed by atoms with Gasteiger partial charge in [0.2, 0.25) is 5.95 Å². The van der Waals surface area contributed by atoms with E-state index in [0.29, 0.717) is 23.1 Å². The molecular formula is C18H15F2IN6. The Balaban J connectivity index is 0.00000102. The summed E-state index contributed by atoms with van der Waals surface area (Å²) in [6.07, 6.45) is 0. The molecule has 4 aromatic rings. The van der Waals surface area contributed by atoms with Crippen molar-refractivity contribution in [3.05, 3.63) is 59.9 Å². The van der Waals surface area contributed by atoms with E-state index in [4.69, 9.17) is 0 Å². The molecule has 4 rings (SSSR count). The van der Waals surface area contributed by atoms with Gasteiger partial charge < -0.3 is 5.32 Å². The predicted octanol–water partition coefficient (Wildman–Crippen LogP) is 4.80. The summed E-state index contributed by atoms with van der Waals surface area (Å²) in [7, 11) is 0. The van der Waals surface area contributed by atoms with E-state index < -0.39 is 11.6 Å². The van der Waals surface area contributed by atoms with E-state index in [0.717, 1.165) is 11.5 Å². The van der Waals surface area contributed by atoms with Crippen LogP contribution in [0, 0.1) is 18.6 Å². The van der Waals surface area contributed by atoms with Gasteiger partial charge in [0.1, 0.15) is 23.3 Å². The van der Waals surface area contributed by atoms with E-state index >= 15 is 0 Å². The summed E-state index contributed by atoms with van der Waals surface area (Å²) in [6, 6.07) is 10.6. The van der Waals surface area contributed by atoms with Gasteiger partial charge in [-0.2, -0.15) is 4.98 Å². The fourth-order valence-corrected chi connectivity index (χ4v) is 2.47. The molecule has 2 aromatic heterocycles. The number of aryl methyl sites for hydroxylation is 1. The number of anilines is 2. The third-order valence-corrected chi connectivity index (χ3v) is 3.60. The highest BCUT2D eigenvalue weighted by Crippen LogP contribution is 2.27. The maximum absolute atomic E-state index is 14.1. The molecule has 0 aliphatic heterocycles. The van der Waals surface area contributed by atoms with Crippen LogP contribution < -0.4 is 5.32 Å². The van der Waals surface area contributed by atoms with Crippen LogP contribution in [0.25, 0.3) is 22.3 Å². The van der Waals surface area contributed by atoms with Gasteiger partial charge in [0, 0.05) is 11.5 Å². The van der Waals surface area contributed by atoms with Crippen LogP contribution in [0.3, 0.4) is 0 Å². The summed E-state index contributed by atoms with van der Waals surface area (Å²) < 4.78 is 27.3. The van der Waals surface area contributed by atoms with E-state index in [1.165, 1.54) is 12.1 Å². The maximum Gasteiger partial charge on any atom is 0.247 e. The van der Waals surface area contributed by atoms with Crippen molar-refractivity contribution < 1.29 is 8.78 Å². The Morgan fingerprint density at radius 3 is 2.48 bits per heavy atom. The molecule has 9 heteroatoms. The molecule has 0 spiro atoms. The van der Waals surface area contributed by atoms with Crippen LogP contribution in [0.4, 0.5) is 20.5 Å². The van der Waals surface area contributed by atoms with Gasteiger partial charge in [0.05, 0.1) is 11.1 Å². The predicted molar refractivity (Wildman–Crippen MR) is 109 cm³/mol. The average molecular weight is 480 g/mol. The lowest BCUT2D eigenvalue weighted by Gasteiger charge is -2.09.